The Kier molecular flexibility index (Phi) is 3.82. The Morgan fingerprint density at radius 2 is 2.00 bits per heavy atom. The molecule has 1 aromatic carbocycles. The van der Waals surface area contributed by atoms with Crippen LogP contribution in [0, 0.1) is 13.8 Å². The molecule has 1 atom stereocenters. The van der Waals surface area contributed by atoms with Crippen LogP contribution in [0.15, 0.2) is 18.2 Å². The summed E-state index contributed by atoms with van der Waals surface area (Å²) in [6.07, 6.45) is 0. The quantitative estimate of drug-likeness (QED) is 0.766. The molecule has 0 aliphatic carbocycles. The van der Waals surface area contributed by atoms with E-state index in [1.54, 1.807) is 29.8 Å². The lowest BCUT2D eigenvalue weighted by molar-refractivity contribution is 0.415. The summed E-state index contributed by atoms with van der Waals surface area (Å²) in [6, 6.07) is 6.15. The van der Waals surface area contributed by atoms with Gasteiger partial charge in [0.25, 0.3) is 0 Å². The number of nitrogens with zero attached hydrogens (tertiary/aromatic N) is 2. The van der Waals surface area contributed by atoms with Crippen LogP contribution in [0.3, 0.4) is 0 Å². The highest BCUT2D eigenvalue weighted by Crippen LogP contribution is 2.33. The molecular weight excluding hydrogens is 302 g/mol. The van der Waals surface area contributed by atoms with Crippen LogP contribution in [0.1, 0.15) is 28.5 Å². The fraction of sp³-hybridized carbons (Fsp3) is 0.333. The third kappa shape index (κ3) is 2.87. The highest BCUT2D eigenvalue weighted by Gasteiger charge is 2.14. The van der Waals surface area contributed by atoms with Gasteiger partial charge in [0.05, 0.1) is 34.1 Å². The Hall–Kier alpha value is -1.66. The molecule has 3 rings (SSSR count). The molecule has 0 aliphatic rings. The molecule has 1 N–H and O–H groups in total. The van der Waals surface area contributed by atoms with Gasteiger partial charge in [-0.1, -0.05) is 11.3 Å². The maximum atomic E-state index is 5.25. The lowest BCUT2D eigenvalue weighted by atomic mass is 10.2. The van der Waals surface area contributed by atoms with Gasteiger partial charge in [-0.3, -0.25) is 0 Å². The molecule has 6 heteroatoms. The molecule has 0 fully saturated rings. The van der Waals surface area contributed by atoms with E-state index in [4.69, 9.17) is 4.74 Å². The summed E-state index contributed by atoms with van der Waals surface area (Å²) in [5.74, 6) is 0.861. The summed E-state index contributed by atoms with van der Waals surface area (Å²) in [4.78, 5) is 10.4. The zero-order chi connectivity index (χ0) is 15.0. The number of nitrogens with one attached hydrogen (secondary N) is 1. The van der Waals surface area contributed by atoms with Crippen LogP contribution in [0.25, 0.3) is 10.2 Å². The number of aryl methyl sites for hydroxylation is 2. The van der Waals surface area contributed by atoms with Crippen molar-refractivity contribution in [1.29, 1.82) is 0 Å². The van der Waals surface area contributed by atoms with Crippen molar-refractivity contribution in [2.24, 2.45) is 0 Å². The van der Waals surface area contributed by atoms with E-state index in [1.807, 2.05) is 25.1 Å². The minimum atomic E-state index is 0.207. The second-order valence-electron chi connectivity index (χ2n) is 4.90. The second-order valence-corrected chi connectivity index (χ2v) is 7.17. The first-order chi connectivity index (χ1) is 10.1. The van der Waals surface area contributed by atoms with Crippen molar-refractivity contribution in [3.63, 3.8) is 0 Å². The number of thiazole rings is 2. The smallest absolute Gasteiger partial charge is 0.184 e. The van der Waals surface area contributed by atoms with Crippen molar-refractivity contribution in [3.8, 4) is 5.75 Å². The van der Waals surface area contributed by atoms with Gasteiger partial charge in [0, 0.05) is 4.88 Å². The third-order valence-corrected chi connectivity index (χ3v) is 5.47. The van der Waals surface area contributed by atoms with Crippen LogP contribution in [-0.4, -0.2) is 17.1 Å². The SMILES string of the molecule is COc1ccc2nc(NC(C)c3sc(C)nc3C)sc2c1. The molecule has 0 saturated carbocycles. The summed E-state index contributed by atoms with van der Waals surface area (Å²) < 4.78 is 6.38. The van der Waals surface area contributed by atoms with Crippen molar-refractivity contribution >= 4 is 38.0 Å². The van der Waals surface area contributed by atoms with E-state index in [0.29, 0.717) is 0 Å². The zero-order valence-electron chi connectivity index (χ0n) is 12.4. The van der Waals surface area contributed by atoms with Gasteiger partial charge in [0.15, 0.2) is 5.13 Å². The Bertz CT molecular complexity index is 778. The molecule has 2 aromatic heterocycles. The average molecular weight is 319 g/mol. The molecule has 2 heterocycles. The Morgan fingerprint density at radius 3 is 2.67 bits per heavy atom. The van der Waals surface area contributed by atoms with Crippen molar-refractivity contribution in [1.82, 2.24) is 9.97 Å². The molecule has 0 bridgehead atoms. The topological polar surface area (TPSA) is 47.0 Å². The molecule has 4 nitrogen and oxygen atoms in total. The van der Waals surface area contributed by atoms with Crippen molar-refractivity contribution in [3.05, 3.63) is 33.8 Å². The first-order valence-electron chi connectivity index (χ1n) is 6.72. The standard InChI is InChI=1S/C15H17N3OS2/c1-8-14(20-10(3)16-8)9(2)17-15-18-12-6-5-11(19-4)7-13(12)21-15/h5-7,9H,1-4H3,(H,17,18). The fourth-order valence-electron chi connectivity index (χ4n) is 2.29. The second kappa shape index (κ2) is 5.61. The summed E-state index contributed by atoms with van der Waals surface area (Å²) in [6.45, 7) is 6.24. The number of hydrogen-bond acceptors (Lipinski definition) is 6. The van der Waals surface area contributed by atoms with E-state index in [-0.39, 0.29) is 6.04 Å². The Morgan fingerprint density at radius 1 is 1.19 bits per heavy atom. The number of anilines is 1. The van der Waals surface area contributed by atoms with Crippen LogP contribution in [0.4, 0.5) is 5.13 Å². The summed E-state index contributed by atoms with van der Waals surface area (Å²) in [5, 5.41) is 5.51. The number of hydrogen-bond donors (Lipinski definition) is 1. The van der Waals surface area contributed by atoms with Gasteiger partial charge in [-0.15, -0.1) is 11.3 Å². The lowest BCUT2D eigenvalue weighted by Crippen LogP contribution is -2.05. The zero-order valence-corrected chi connectivity index (χ0v) is 14.1. The Balaban J connectivity index is 1.85. The van der Waals surface area contributed by atoms with Gasteiger partial charge in [-0.2, -0.15) is 0 Å². The predicted octanol–water partition coefficient (Wildman–Crippen LogP) is 4.55. The molecule has 0 radical (unpaired) electrons. The van der Waals surface area contributed by atoms with Crippen LogP contribution >= 0.6 is 22.7 Å². The average Bonchev–Trinajstić information content (AvgIpc) is 2.99. The monoisotopic (exact) mass is 319 g/mol. The number of methoxy groups -OCH3 is 1. The lowest BCUT2D eigenvalue weighted by Gasteiger charge is -2.11. The van der Waals surface area contributed by atoms with E-state index in [9.17, 15) is 0 Å². The third-order valence-electron chi connectivity index (χ3n) is 3.27. The van der Waals surface area contributed by atoms with Crippen LogP contribution in [0.2, 0.25) is 0 Å². The number of fused-ring (bicyclic) bond motifs is 1. The molecule has 1 unspecified atom stereocenters. The van der Waals surface area contributed by atoms with E-state index in [0.717, 1.165) is 31.8 Å². The van der Waals surface area contributed by atoms with Gasteiger partial charge in [-0.25, -0.2) is 9.97 Å². The van der Waals surface area contributed by atoms with Crippen LogP contribution < -0.4 is 10.1 Å². The van der Waals surface area contributed by atoms with Crippen LogP contribution in [-0.2, 0) is 0 Å². The highest BCUT2D eigenvalue weighted by atomic mass is 32.1. The van der Waals surface area contributed by atoms with Gasteiger partial charge in [0.1, 0.15) is 5.75 Å². The molecule has 0 amide bonds. The number of aromatic nitrogens is 2. The van der Waals surface area contributed by atoms with Gasteiger partial charge in [0.2, 0.25) is 0 Å². The van der Waals surface area contributed by atoms with E-state index < -0.39 is 0 Å². The molecule has 0 aliphatic heterocycles. The summed E-state index contributed by atoms with van der Waals surface area (Å²) >= 11 is 3.38. The number of benzene rings is 1. The van der Waals surface area contributed by atoms with Crippen molar-refractivity contribution in [2.45, 2.75) is 26.8 Å². The van der Waals surface area contributed by atoms with E-state index in [2.05, 4.69) is 29.1 Å². The van der Waals surface area contributed by atoms with Crippen molar-refractivity contribution < 1.29 is 4.74 Å². The summed E-state index contributed by atoms with van der Waals surface area (Å²) in [5.41, 5.74) is 2.09. The molecule has 21 heavy (non-hydrogen) atoms. The number of rotatable bonds is 4. The first-order valence-corrected chi connectivity index (χ1v) is 8.35. The van der Waals surface area contributed by atoms with Crippen molar-refractivity contribution in [2.75, 3.05) is 12.4 Å². The van der Waals surface area contributed by atoms with Gasteiger partial charge in [-0.05, 0) is 39.0 Å². The van der Waals surface area contributed by atoms with Crippen LogP contribution in [0.5, 0.6) is 5.75 Å². The Labute approximate surface area is 131 Å². The predicted molar refractivity (Wildman–Crippen MR) is 89.8 cm³/mol. The maximum Gasteiger partial charge on any atom is 0.184 e. The minimum Gasteiger partial charge on any atom is -0.497 e. The first kappa shape index (κ1) is 14.3. The highest BCUT2D eigenvalue weighted by molar-refractivity contribution is 7.22. The molecule has 0 spiro atoms. The molecule has 3 aromatic rings. The summed E-state index contributed by atoms with van der Waals surface area (Å²) in [7, 11) is 1.68. The maximum absolute atomic E-state index is 5.25. The fourth-order valence-corrected chi connectivity index (χ4v) is 4.20. The molecular formula is C15H17N3OS2. The minimum absolute atomic E-state index is 0.207. The largest absolute Gasteiger partial charge is 0.497 e. The normalized spacial score (nSPS) is 12.6. The molecule has 110 valence electrons. The van der Waals surface area contributed by atoms with Gasteiger partial charge >= 0.3 is 0 Å². The van der Waals surface area contributed by atoms with E-state index >= 15 is 0 Å². The van der Waals surface area contributed by atoms with Gasteiger partial charge < -0.3 is 10.1 Å². The molecule has 0 saturated heterocycles. The van der Waals surface area contributed by atoms with E-state index in [1.165, 1.54) is 4.88 Å². The number of ether oxygens (including phenoxy) is 1.